The summed E-state index contributed by atoms with van der Waals surface area (Å²) in [5.74, 6) is 0. The third-order valence-corrected chi connectivity index (χ3v) is 3.90. The van der Waals surface area contributed by atoms with Gasteiger partial charge >= 0.3 is 0 Å². The van der Waals surface area contributed by atoms with Crippen molar-refractivity contribution in [2.24, 2.45) is 5.16 Å². The SMILES string of the molecule is O=c1[nH]c2cc(Cl)ccc2nc1/C(=N\O)C(O)c1cccc([N+](=O)[O-])c1. The zero-order valence-corrected chi connectivity index (χ0v) is 13.7. The smallest absolute Gasteiger partial charge is 0.276 e. The molecule has 0 amide bonds. The van der Waals surface area contributed by atoms with Crippen LogP contribution in [0.15, 0.2) is 52.4 Å². The number of benzene rings is 2. The molecule has 1 unspecified atom stereocenters. The van der Waals surface area contributed by atoms with Crippen LogP contribution in [0.25, 0.3) is 11.0 Å². The first-order valence-electron chi connectivity index (χ1n) is 7.25. The summed E-state index contributed by atoms with van der Waals surface area (Å²) in [7, 11) is 0. The number of hydrogen-bond donors (Lipinski definition) is 3. The Kier molecular flexibility index (Phi) is 4.65. The third-order valence-electron chi connectivity index (χ3n) is 3.66. The first-order valence-corrected chi connectivity index (χ1v) is 7.63. The Morgan fingerprint density at radius 2 is 2.08 bits per heavy atom. The van der Waals surface area contributed by atoms with Gasteiger partial charge in [0.05, 0.1) is 16.0 Å². The van der Waals surface area contributed by atoms with Gasteiger partial charge in [-0.15, -0.1) is 0 Å². The highest BCUT2D eigenvalue weighted by Gasteiger charge is 2.24. The van der Waals surface area contributed by atoms with Crippen LogP contribution in [0.3, 0.4) is 0 Å². The number of aromatic nitrogens is 2. The van der Waals surface area contributed by atoms with Crippen LogP contribution in [0, 0.1) is 10.1 Å². The number of H-pyrrole nitrogens is 1. The second-order valence-corrected chi connectivity index (χ2v) is 5.75. The van der Waals surface area contributed by atoms with Crippen molar-refractivity contribution < 1.29 is 15.2 Å². The normalized spacial score (nSPS) is 12.9. The monoisotopic (exact) mass is 374 g/mol. The lowest BCUT2D eigenvalue weighted by Gasteiger charge is -2.12. The lowest BCUT2D eigenvalue weighted by atomic mass is 10.0. The molecular formula is C16H11ClN4O5. The van der Waals surface area contributed by atoms with Gasteiger partial charge < -0.3 is 15.3 Å². The molecule has 0 aliphatic carbocycles. The number of nitro groups is 1. The van der Waals surface area contributed by atoms with E-state index < -0.39 is 22.3 Å². The number of rotatable bonds is 4. The van der Waals surface area contributed by atoms with E-state index in [1.54, 1.807) is 12.1 Å². The molecule has 0 spiro atoms. The Morgan fingerprint density at radius 3 is 2.77 bits per heavy atom. The fourth-order valence-electron chi connectivity index (χ4n) is 2.43. The topological polar surface area (TPSA) is 142 Å². The number of nitrogens with one attached hydrogen (secondary N) is 1. The Morgan fingerprint density at radius 1 is 1.31 bits per heavy atom. The fourth-order valence-corrected chi connectivity index (χ4v) is 2.60. The van der Waals surface area contributed by atoms with Gasteiger partial charge in [0.1, 0.15) is 11.8 Å². The highest BCUT2D eigenvalue weighted by atomic mass is 35.5. The quantitative estimate of drug-likeness (QED) is 0.277. The first kappa shape index (κ1) is 17.5. The molecule has 3 rings (SSSR count). The molecule has 0 fully saturated rings. The summed E-state index contributed by atoms with van der Waals surface area (Å²) in [6, 6.07) is 9.74. The molecule has 1 heterocycles. The van der Waals surface area contributed by atoms with Crippen molar-refractivity contribution in [2.75, 3.05) is 0 Å². The average molecular weight is 375 g/mol. The predicted molar refractivity (Wildman–Crippen MR) is 93.8 cm³/mol. The van der Waals surface area contributed by atoms with Crippen LogP contribution < -0.4 is 5.56 Å². The largest absolute Gasteiger partial charge is 0.410 e. The average Bonchev–Trinajstić information content (AvgIpc) is 2.62. The Labute approximate surface area is 150 Å². The van der Waals surface area contributed by atoms with Gasteiger partial charge in [-0.3, -0.25) is 14.9 Å². The highest BCUT2D eigenvalue weighted by Crippen LogP contribution is 2.22. The molecule has 10 heteroatoms. The molecule has 1 atom stereocenters. The summed E-state index contributed by atoms with van der Waals surface area (Å²) in [5.41, 5.74) is -0.926. The number of hydrogen-bond acceptors (Lipinski definition) is 7. The zero-order valence-electron chi connectivity index (χ0n) is 13.0. The third kappa shape index (κ3) is 3.25. The second-order valence-electron chi connectivity index (χ2n) is 5.32. The molecule has 132 valence electrons. The van der Waals surface area contributed by atoms with Crippen molar-refractivity contribution in [3.63, 3.8) is 0 Å². The summed E-state index contributed by atoms with van der Waals surface area (Å²) in [5, 5.41) is 34.0. The van der Waals surface area contributed by atoms with E-state index >= 15 is 0 Å². The number of aliphatic hydroxyl groups is 1. The molecule has 3 N–H and O–H groups in total. The van der Waals surface area contributed by atoms with Crippen molar-refractivity contribution in [3.8, 4) is 0 Å². The summed E-state index contributed by atoms with van der Waals surface area (Å²) < 4.78 is 0. The molecule has 0 radical (unpaired) electrons. The number of fused-ring (bicyclic) bond motifs is 1. The molecule has 26 heavy (non-hydrogen) atoms. The summed E-state index contributed by atoms with van der Waals surface area (Å²) >= 11 is 5.86. The molecule has 1 aromatic heterocycles. The predicted octanol–water partition coefficient (Wildman–Crippen LogP) is 2.40. The minimum Gasteiger partial charge on any atom is -0.410 e. The van der Waals surface area contributed by atoms with E-state index in [9.17, 15) is 25.2 Å². The van der Waals surface area contributed by atoms with Crippen LogP contribution in [-0.2, 0) is 0 Å². The first-order chi connectivity index (χ1) is 12.4. The van der Waals surface area contributed by atoms with E-state index in [1.165, 1.54) is 24.3 Å². The van der Waals surface area contributed by atoms with Crippen LogP contribution in [0.5, 0.6) is 0 Å². The molecule has 3 aromatic rings. The number of non-ortho nitro benzene ring substituents is 1. The van der Waals surface area contributed by atoms with E-state index in [0.29, 0.717) is 16.1 Å². The molecule has 0 bridgehead atoms. The second kappa shape index (κ2) is 6.90. The highest BCUT2D eigenvalue weighted by molar-refractivity contribution is 6.31. The van der Waals surface area contributed by atoms with Crippen LogP contribution in [0.1, 0.15) is 17.4 Å². The van der Waals surface area contributed by atoms with Gasteiger partial charge in [-0.1, -0.05) is 28.9 Å². The Hall–Kier alpha value is -3.30. The molecule has 0 saturated heterocycles. The number of halogens is 1. The van der Waals surface area contributed by atoms with Crippen molar-refractivity contribution in [3.05, 3.63) is 79.2 Å². The molecule has 9 nitrogen and oxygen atoms in total. The maximum absolute atomic E-state index is 12.3. The van der Waals surface area contributed by atoms with E-state index in [0.717, 1.165) is 6.07 Å². The standard InChI is InChI=1S/C16H11ClN4O5/c17-9-4-5-11-12(7-9)19-16(23)14(18-11)13(20-24)15(22)8-2-1-3-10(6-8)21(25)26/h1-7,15,22,24H,(H,19,23)/b20-13+. The lowest BCUT2D eigenvalue weighted by molar-refractivity contribution is -0.385. The lowest BCUT2D eigenvalue weighted by Crippen LogP contribution is -2.25. The van der Waals surface area contributed by atoms with Crippen LogP contribution in [0.4, 0.5) is 5.69 Å². The summed E-state index contributed by atoms with van der Waals surface area (Å²) in [6.07, 6.45) is -1.60. The van der Waals surface area contributed by atoms with Crippen molar-refractivity contribution in [2.45, 2.75) is 6.10 Å². The Balaban J connectivity index is 2.09. The summed E-state index contributed by atoms with van der Waals surface area (Å²) in [4.78, 5) is 29.2. The fraction of sp³-hybridized carbons (Fsp3) is 0.0625. The van der Waals surface area contributed by atoms with Crippen molar-refractivity contribution >= 4 is 34.0 Å². The van der Waals surface area contributed by atoms with Crippen molar-refractivity contribution in [1.29, 1.82) is 0 Å². The maximum Gasteiger partial charge on any atom is 0.276 e. The van der Waals surface area contributed by atoms with Gasteiger partial charge in [0, 0.05) is 17.2 Å². The molecule has 2 aromatic carbocycles. The van der Waals surface area contributed by atoms with Crippen LogP contribution in [0.2, 0.25) is 5.02 Å². The zero-order chi connectivity index (χ0) is 18.8. The Bertz CT molecular complexity index is 1100. The number of aromatic amines is 1. The van der Waals surface area contributed by atoms with E-state index in [1.807, 2.05) is 0 Å². The number of nitro benzene ring substituents is 1. The van der Waals surface area contributed by atoms with E-state index in [4.69, 9.17) is 11.6 Å². The van der Waals surface area contributed by atoms with Crippen molar-refractivity contribution in [1.82, 2.24) is 9.97 Å². The molecular weight excluding hydrogens is 364 g/mol. The number of aliphatic hydroxyl groups excluding tert-OH is 1. The van der Waals surface area contributed by atoms with Crippen LogP contribution >= 0.6 is 11.6 Å². The maximum atomic E-state index is 12.3. The number of oxime groups is 1. The van der Waals surface area contributed by atoms with Gasteiger partial charge in [-0.25, -0.2) is 4.98 Å². The van der Waals surface area contributed by atoms with E-state index in [2.05, 4.69) is 15.1 Å². The van der Waals surface area contributed by atoms with Gasteiger partial charge in [-0.2, -0.15) is 0 Å². The van der Waals surface area contributed by atoms with Gasteiger partial charge in [0.2, 0.25) is 0 Å². The minimum absolute atomic E-state index is 0.0735. The van der Waals surface area contributed by atoms with Gasteiger partial charge in [0.25, 0.3) is 11.2 Å². The number of nitrogens with zero attached hydrogens (tertiary/aromatic N) is 3. The molecule has 0 aliphatic heterocycles. The van der Waals surface area contributed by atoms with Gasteiger partial charge in [-0.05, 0) is 23.8 Å². The summed E-state index contributed by atoms with van der Waals surface area (Å²) in [6.45, 7) is 0. The van der Waals surface area contributed by atoms with Gasteiger partial charge in [0.15, 0.2) is 5.69 Å². The minimum atomic E-state index is -1.60. The molecule has 0 saturated carbocycles. The van der Waals surface area contributed by atoms with E-state index in [-0.39, 0.29) is 16.9 Å². The molecule has 0 aliphatic rings. The van der Waals surface area contributed by atoms with Crippen LogP contribution in [-0.4, -0.2) is 30.9 Å².